The maximum absolute atomic E-state index is 13.4. The maximum atomic E-state index is 13.4. The molecule has 2 unspecified atom stereocenters. The van der Waals surface area contributed by atoms with E-state index >= 15 is 0 Å². The first-order chi connectivity index (χ1) is 15.1. The van der Waals surface area contributed by atoms with Crippen LogP contribution >= 0.6 is 0 Å². The molecule has 1 amide bonds. The van der Waals surface area contributed by atoms with E-state index in [-0.39, 0.29) is 17.4 Å². The van der Waals surface area contributed by atoms with Crippen molar-refractivity contribution in [1.82, 2.24) is 4.90 Å². The fourth-order valence-electron chi connectivity index (χ4n) is 4.83. The molecule has 2 atom stereocenters. The minimum atomic E-state index is -0.475. The Bertz CT molecular complexity index is 1180. The monoisotopic (exact) mass is 409 g/mol. The van der Waals surface area contributed by atoms with Crippen LogP contribution in [0.3, 0.4) is 0 Å². The van der Waals surface area contributed by atoms with Gasteiger partial charge in [-0.05, 0) is 28.6 Å². The van der Waals surface area contributed by atoms with Gasteiger partial charge in [0.15, 0.2) is 0 Å². The number of rotatable bonds is 3. The van der Waals surface area contributed by atoms with Crippen LogP contribution in [0.15, 0.2) is 84.9 Å². The quantitative estimate of drug-likeness (QED) is 0.457. The van der Waals surface area contributed by atoms with Crippen LogP contribution in [0.4, 0.5) is 0 Å². The Morgan fingerprint density at radius 2 is 1.19 bits per heavy atom. The number of aromatic hydroxyl groups is 2. The van der Waals surface area contributed by atoms with Gasteiger partial charge < -0.3 is 15.1 Å². The average molecular weight is 409 g/mol. The molecule has 4 aromatic rings. The lowest BCUT2D eigenvalue weighted by Gasteiger charge is -2.44. The van der Waals surface area contributed by atoms with E-state index < -0.39 is 12.1 Å². The molecule has 0 saturated heterocycles. The summed E-state index contributed by atoms with van der Waals surface area (Å²) < 4.78 is 0. The summed E-state index contributed by atoms with van der Waals surface area (Å²) in [7, 11) is 0. The first-order valence-electron chi connectivity index (χ1n) is 10.5. The Morgan fingerprint density at radius 3 is 1.61 bits per heavy atom. The van der Waals surface area contributed by atoms with Gasteiger partial charge in [0.25, 0.3) is 0 Å². The number of carbonyl (C=O) groups is 1. The summed E-state index contributed by atoms with van der Waals surface area (Å²) in [6, 6.07) is 25.7. The van der Waals surface area contributed by atoms with Crippen LogP contribution in [-0.2, 0) is 4.79 Å². The van der Waals surface area contributed by atoms with Gasteiger partial charge in [-0.25, -0.2) is 0 Å². The van der Waals surface area contributed by atoms with E-state index in [1.807, 2.05) is 84.6 Å². The molecular weight excluding hydrogens is 386 g/mol. The molecule has 0 aliphatic carbocycles. The van der Waals surface area contributed by atoms with Gasteiger partial charge in [0.1, 0.15) is 11.5 Å². The minimum Gasteiger partial charge on any atom is -0.508 e. The SMILES string of the molecule is CCC(=O)N1C(c2ccccc2)c2c(O)ccc3ccc(O)c(c23)C1c1ccccc1. The number of phenolic OH excluding ortho intramolecular Hbond substituents is 2. The van der Waals surface area contributed by atoms with Gasteiger partial charge in [-0.2, -0.15) is 0 Å². The fourth-order valence-corrected chi connectivity index (χ4v) is 4.83. The molecule has 0 aromatic heterocycles. The largest absolute Gasteiger partial charge is 0.508 e. The van der Waals surface area contributed by atoms with E-state index in [0.29, 0.717) is 17.5 Å². The Labute approximate surface area is 181 Å². The molecule has 0 saturated carbocycles. The van der Waals surface area contributed by atoms with Crippen molar-refractivity contribution in [2.45, 2.75) is 25.4 Å². The lowest BCUT2D eigenvalue weighted by Crippen LogP contribution is -2.41. The van der Waals surface area contributed by atoms with Crippen LogP contribution in [0.25, 0.3) is 10.8 Å². The van der Waals surface area contributed by atoms with Crippen LogP contribution in [0.5, 0.6) is 11.5 Å². The second-order valence-corrected chi connectivity index (χ2v) is 7.88. The fraction of sp³-hybridized carbons (Fsp3) is 0.148. The summed E-state index contributed by atoms with van der Waals surface area (Å²) in [6.45, 7) is 1.84. The first kappa shape index (κ1) is 19.2. The zero-order valence-corrected chi connectivity index (χ0v) is 17.2. The molecule has 0 spiro atoms. The van der Waals surface area contributed by atoms with Crippen molar-refractivity contribution in [1.29, 1.82) is 0 Å². The van der Waals surface area contributed by atoms with Gasteiger partial charge in [0.05, 0.1) is 12.1 Å². The van der Waals surface area contributed by atoms with Gasteiger partial charge >= 0.3 is 0 Å². The summed E-state index contributed by atoms with van der Waals surface area (Å²) in [4.78, 5) is 15.3. The van der Waals surface area contributed by atoms with E-state index in [1.54, 1.807) is 12.1 Å². The Balaban J connectivity index is 1.94. The molecular formula is C27H23NO3. The summed E-state index contributed by atoms with van der Waals surface area (Å²) >= 11 is 0. The van der Waals surface area contributed by atoms with Crippen LogP contribution in [0, 0.1) is 0 Å². The van der Waals surface area contributed by atoms with Crippen LogP contribution < -0.4 is 0 Å². The number of hydrogen-bond acceptors (Lipinski definition) is 3. The summed E-state index contributed by atoms with van der Waals surface area (Å²) in [6.07, 6.45) is 0.312. The molecule has 1 heterocycles. The van der Waals surface area contributed by atoms with Crippen molar-refractivity contribution < 1.29 is 15.0 Å². The van der Waals surface area contributed by atoms with Gasteiger partial charge in [0.2, 0.25) is 5.91 Å². The van der Waals surface area contributed by atoms with Crippen LogP contribution in [-0.4, -0.2) is 21.0 Å². The van der Waals surface area contributed by atoms with Crippen LogP contribution in [0.2, 0.25) is 0 Å². The Morgan fingerprint density at radius 1 is 0.742 bits per heavy atom. The lowest BCUT2D eigenvalue weighted by molar-refractivity contribution is -0.134. The predicted octanol–water partition coefficient (Wildman–Crippen LogP) is 5.68. The molecule has 2 N–H and O–H groups in total. The summed E-state index contributed by atoms with van der Waals surface area (Å²) in [5.74, 6) is 0.190. The highest BCUT2D eigenvalue weighted by atomic mass is 16.3. The van der Waals surface area contributed by atoms with Crippen molar-refractivity contribution in [2.75, 3.05) is 0 Å². The number of benzene rings is 4. The Hall–Kier alpha value is -3.79. The Kier molecular flexibility index (Phi) is 4.63. The molecule has 1 aliphatic rings. The third kappa shape index (κ3) is 2.95. The maximum Gasteiger partial charge on any atom is 0.223 e. The highest BCUT2D eigenvalue weighted by molar-refractivity contribution is 5.96. The molecule has 154 valence electrons. The smallest absolute Gasteiger partial charge is 0.223 e. The van der Waals surface area contributed by atoms with Gasteiger partial charge in [-0.1, -0.05) is 79.7 Å². The van der Waals surface area contributed by atoms with E-state index in [9.17, 15) is 15.0 Å². The van der Waals surface area contributed by atoms with E-state index in [1.165, 1.54) is 0 Å². The van der Waals surface area contributed by atoms with Crippen molar-refractivity contribution >= 4 is 16.7 Å². The highest BCUT2D eigenvalue weighted by Gasteiger charge is 2.42. The molecule has 4 heteroatoms. The third-order valence-corrected chi connectivity index (χ3v) is 6.15. The van der Waals surface area contributed by atoms with Crippen molar-refractivity contribution in [3.63, 3.8) is 0 Å². The van der Waals surface area contributed by atoms with E-state index in [4.69, 9.17) is 0 Å². The van der Waals surface area contributed by atoms with E-state index in [0.717, 1.165) is 21.9 Å². The van der Waals surface area contributed by atoms with Gasteiger partial charge in [-0.3, -0.25) is 4.79 Å². The minimum absolute atomic E-state index is 0.0481. The predicted molar refractivity (Wildman–Crippen MR) is 121 cm³/mol. The number of amides is 1. The van der Waals surface area contributed by atoms with Crippen LogP contribution in [0.1, 0.15) is 47.7 Å². The van der Waals surface area contributed by atoms with Gasteiger partial charge in [0, 0.05) is 22.9 Å². The highest BCUT2D eigenvalue weighted by Crippen LogP contribution is 2.53. The second kappa shape index (κ2) is 7.47. The number of phenols is 2. The number of carbonyl (C=O) groups excluding carboxylic acids is 1. The summed E-state index contributed by atoms with van der Waals surface area (Å²) in [5.41, 5.74) is 3.15. The summed E-state index contributed by atoms with van der Waals surface area (Å²) in [5, 5.41) is 23.7. The normalized spacial score (nSPS) is 17.6. The van der Waals surface area contributed by atoms with Crippen molar-refractivity contribution in [3.8, 4) is 11.5 Å². The molecule has 0 fully saturated rings. The molecule has 4 aromatic carbocycles. The van der Waals surface area contributed by atoms with E-state index in [2.05, 4.69) is 0 Å². The average Bonchev–Trinajstić information content (AvgIpc) is 2.82. The molecule has 5 rings (SSSR count). The molecule has 0 radical (unpaired) electrons. The molecule has 0 bridgehead atoms. The zero-order chi connectivity index (χ0) is 21.5. The standard InChI is InChI=1S/C27H23NO3/c1-2-22(31)28-26(18-9-5-3-6-10-18)24-20(29)15-13-17-14-16-21(30)25(23(17)24)27(28)19-11-7-4-8-12-19/h3-16,26-27,29-30H,2H2,1H3. The van der Waals surface area contributed by atoms with Crippen molar-refractivity contribution in [3.05, 3.63) is 107 Å². The van der Waals surface area contributed by atoms with Crippen molar-refractivity contribution in [2.24, 2.45) is 0 Å². The molecule has 31 heavy (non-hydrogen) atoms. The molecule has 1 aliphatic heterocycles. The first-order valence-corrected chi connectivity index (χ1v) is 10.5. The number of nitrogens with zero attached hydrogens (tertiary/aromatic N) is 1. The second-order valence-electron chi connectivity index (χ2n) is 7.88. The van der Waals surface area contributed by atoms with Gasteiger partial charge in [-0.15, -0.1) is 0 Å². The zero-order valence-electron chi connectivity index (χ0n) is 17.2. The lowest BCUT2D eigenvalue weighted by atomic mass is 9.79. The third-order valence-electron chi connectivity index (χ3n) is 6.15. The number of hydrogen-bond donors (Lipinski definition) is 2. The topological polar surface area (TPSA) is 60.8 Å². The molecule has 4 nitrogen and oxygen atoms in total.